The molecule has 0 unspecified atom stereocenters. The van der Waals surface area contributed by atoms with Crippen LogP contribution in [0, 0.1) is 5.92 Å². The maximum atomic E-state index is 13.5. The van der Waals surface area contributed by atoms with Gasteiger partial charge in [-0.2, -0.15) is 0 Å². The topological polar surface area (TPSA) is 38.3 Å². The first-order chi connectivity index (χ1) is 15.7. The Kier molecular flexibility index (Phi) is 8.28. The van der Waals surface area contributed by atoms with Crippen molar-refractivity contribution in [3.05, 3.63) is 75.1 Å². The molecule has 1 aromatic carbocycles. The predicted octanol–water partition coefficient (Wildman–Crippen LogP) is 2.14. The van der Waals surface area contributed by atoms with Gasteiger partial charge in [0.2, 0.25) is 5.91 Å². The van der Waals surface area contributed by atoms with Crippen LogP contribution >= 0.6 is 22.7 Å². The number of piperidine rings is 3. The fourth-order valence-electron chi connectivity index (χ4n) is 5.45. The molecular weight excluding hydrogens is 516 g/mol. The van der Waals surface area contributed by atoms with Crippen molar-refractivity contribution in [3.63, 3.8) is 0 Å². The lowest BCUT2D eigenvalue weighted by Gasteiger charge is -2.53. The standard InChI is InChI=1S/C26H30N2O2S2.BrH/c29-26(25(23-9-4-17-31-23)24-10-5-18-32-24)27-22-19-28(14-11-20(22)12-15-28)13-6-16-30-21-7-2-1-3-8-21;/h1-5,7-10,17-18,20,22,25H,6,11-16,19H2;1H/t20?,22-,28?;/m0./s1. The van der Waals surface area contributed by atoms with Gasteiger partial charge in [0.05, 0.1) is 38.8 Å². The van der Waals surface area contributed by atoms with E-state index in [1.807, 2.05) is 42.5 Å². The van der Waals surface area contributed by atoms with E-state index < -0.39 is 0 Å². The highest BCUT2D eigenvalue weighted by Gasteiger charge is 2.46. The molecule has 1 atom stereocenters. The molecule has 0 saturated carbocycles. The number of hydrogen-bond acceptors (Lipinski definition) is 4. The first kappa shape index (κ1) is 24.5. The number of carbonyl (C=O) groups is 1. The Morgan fingerprint density at radius 3 is 2.27 bits per heavy atom. The third kappa shape index (κ3) is 5.70. The van der Waals surface area contributed by atoms with Crippen LogP contribution in [-0.2, 0) is 4.79 Å². The molecule has 1 amide bonds. The molecule has 7 heteroatoms. The average molecular weight is 548 g/mol. The van der Waals surface area contributed by atoms with Crippen molar-refractivity contribution in [2.45, 2.75) is 31.2 Å². The molecule has 4 nitrogen and oxygen atoms in total. The highest BCUT2D eigenvalue weighted by Crippen LogP contribution is 2.36. The van der Waals surface area contributed by atoms with Gasteiger partial charge in [-0.15, -0.1) is 22.7 Å². The van der Waals surface area contributed by atoms with Gasteiger partial charge in [-0.1, -0.05) is 30.3 Å². The van der Waals surface area contributed by atoms with E-state index in [9.17, 15) is 4.79 Å². The van der Waals surface area contributed by atoms with Crippen molar-refractivity contribution < 1.29 is 31.0 Å². The van der Waals surface area contributed by atoms with Crippen LogP contribution in [0.3, 0.4) is 0 Å². The molecule has 2 aromatic heterocycles. The number of ether oxygens (including phenoxy) is 1. The fraction of sp³-hybridized carbons (Fsp3) is 0.423. The van der Waals surface area contributed by atoms with E-state index in [4.69, 9.17) is 4.74 Å². The molecule has 33 heavy (non-hydrogen) atoms. The Morgan fingerprint density at radius 2 is 1.67 bits per heavy atom. The highest BCUT2D eigenvalue weighted by atomic mass is 79.9. The Bertz CT molecular complexity index is 953. The Hall–Kier alpha value is -1.67. The molecule has 5 heterocycles. The van der Waals surface area contributed by atoms with Crippen molar-refractivity contribution in [3.8, 4) is 5.75 Å². The minimum absolute atomic E-state index is 0. The second-order valence-electron chi connectivity index (χ2n) is 9.13. The quantitative estimate of drug-likeness (QED) is 0.330. The molecule has 3 fully saturated rings. The zero-order valence-electron chi connectivity index (χ0n) is 18.7. The summed E-state index contributed by atoms with van der Waals surface area (Å²) < 4.78 is 7.05. The molecule has 1 N–H and O–H groups in total. The van der Waals surface area contributed by atoms with Crippen LogP contribution < -0.4 is 27.0 Å². The molecule has 6 rings (SSSR count). The summed E-state index contributed by atoms with van der Waals surface area (Å²) in [7, 11) is 0. The Morgan fingerprint density at radius 1 is 1.00 bits per heavy atom. The number of amides is 1. The van der Waals surface area contributed by atoms with Gasteiger partial charge in [-0.3, -0.25) is 4.79 Å². The Labute approximate surface area is 215 Å². The second kappa shape index (κ2) is 11.2. The maximum Gasteiger partial charge on any atom is 0.234 e. The predicted molar refractivity (Wildman–Crippen MR) is 131 cm³/mol. The summed E-state index contributed by atoms with van der Waals surface area (Å²) in [5.74, 6) is 1.55. The van der Waals surface area contributed by atoms with Gasteiger partial charge in [0.15, 0.2) is 0 Å². The summed E-state index contributed by atoms with van der Waals surface area (Å²) in [5, 5.41) is 7.62. The summed E-state index contributed by atoms with van der Waals surface area (Å²) in [4.78, 5) is 15.7. The third-order valence-corrected chi connectivity index (χ3v) is 9.01. The van der Waals surface area contributed by atoms with Crippen LogP contribution in [0.2, 0.25) is 0 Å². The van der Waals surface area contributed by atoms with Gasteiger partial charge >= 0.3 is 0 Å². The number of rotatable bonds is 9. The van der Waals surface area contributed by atoms with E-state index in [1.165, 1.54) is 25.9 Å². The van der Waals surface area contributed by atoms with Crippen LogP contribution in [0.15, 0.2) is 65.4 Å². The largest absolute Gasteiger partial charge is 1.00 e. The van der Waals surface area contributed by atoms with E-state index in [0.29, 0.717) is 5.92 Å². The van der Waals surface area contributed by atoms with Crippen molar-refractivity contribution in [2.24, 2.45) is 5.92 Å². The summed E-state index contributed by atoms with van der Waals surface area (Å²) >= 11 is 3.35. The number of benzene rings is 1. The minimum Gasteiger partial charge on any atom is -1.00 e. The normalized spacial score (nSPS) is 23.8. The number of fused-ring (bicyclic) bond motifs is 3. The van der Waals surface area contributed by atoms with E-state index in [1.54, 1.807) is 22.7 Å². The maximum absolute atomic E-state index is 13.5. The first-order valence-electron chi connectivity index (χ1n) is 11.6. The lowest BCUT2D eigenvalue weighted by molar-refractivity contribution is -0.944. The van der Waals surface area contributed by atoms with Gasteiger partial charge in [0.25, 0.3) is 0 Å². The number of nitrogens with one attached hydrogen (secondary N) is 1. The van der Waals surface area contributed by atoms with E-state index in [0.717, 1.165) is 46.1 Å². The number of nitrogens with zero attached hydrogens (tertiary/aromatic N) is 1. The van der Waals surface area contributed by atoms with Gasteiger partial charge < -0.3 is 31.5 Å². The number of carbonyl (C=O) groups excluding carboxylic acids is 1. The smallest absolute Gasteiger partial charge is 0.234 e. The van der Waals surface area contributed by atoms with Gasteiger partial charge in [-0.05, 0) is 40.9 Å². The van der Waals surface area contributed by atoms with Gasteiger partial charge in [-0.25, -0.2) is 0 Å². The molecule has 0 spiro atoms. The van der Waals surface area contributed by atoms with Crippen molar-refractivity contribution in [1.82, 2.24) is 5.32 Å². The summed E-state index contributed by atoms with van der Waals surface area (Å²) in [6.07, 6.45) is 3.48. The Balaban J connectivity index is 0.00000259. The number of para-hydroxylation sites is 1. The summed E-state index contributed by atoms with van der Waals surface area (Å²) in [6, 6.07) is 18.6. The van der Waals surface area contributed by atoms with E-state index >= 15 is 0 Å². The van der Waals surface area contributed by atoms with Gasteiger partial charge in [0, 0.05) is 29.0 Å². The fourth-order valence-corrected chi connectivity index (χ4v) is 7.21. The minimum atomic E-state index is -0.182. The molecule has 0 radical (unpaired) electrons. The monoisotopic (exact) mass is 546 g/mol. The lowest BCUT2D eigenvalue weighted by atomic mass is 9.81. The second-order valence-corrected chi connectivity index (χ2v) is 11.1. The number of thiophene rings is 2. The van der Waals surface area contributed by atoms with Gasteiger partial charge in [0.1, 0.15) is 11.7 Å². The molecular formula is C26H31BrN2O2S2. The lowest BCUT2D eigenvalue weighted by Crippen LogP contribution is -3.00. The zero-order valence-corrected chi connectivity index (χ0v) is 21.9. The van der Waals surface area contributed by atoms with Crippen LogP contribution in [-0.4, -0.2) is 49.2 Å². The molecule has 3 aliphatic heterocycles. The average Bonchev–Trinajstić information content (AvgIpc) is 3.54. The van der Waals surface area contributed by atoms with Crippen LogP contribution in [0.4, 0.5) is 0 Å². The first-order valence-corrected chi connectivity index (χ1v) is 13.4. The molecule has 3 aromatic rings. The van der Waals surface area contributed by atoms with Crippen molar-refractivity contribution in [1.29, 1.82) is 0 Å². The molecule has 176 valence electrons. The number of quaternary nitrogens is 1. The third-order valence-electron chi connectivity index (χ3n) is 7.14. The highest BCUT2D eigenvalue weighted by molar-refractivity contribution is 7.11. The van der Waals surface area contributed by atoms with Crippen LogP contribution in [0.25, 0.3) is 0 Å². The van der Waals surface area contributed by atoms with E-state index in [2.05, 4.69) is 28.2 Å². The van der Waals surface area contributed by atoms with Crippen molar-refractivity contribution >= 4 is 28.6 Å². The zero-order chi connectivity index (χ0) is 21.8. The SMILES string of the molecule is O=C(N[C@H]1C[N+]2(CCCOc3ccccc3)CCC1CC2)C(c1cccs1)c1cccs1.[Br-]. The molecule has 3 saturated heterocycles. The van der Waals surface area contributed by atoms with E-state index in [-0.39, 0.29) is 34.8 Å². The molecule has 2 bridgehead atoms. The van der Waals surface area contributed by atoms with Crippen molar-refractivity contribution in [2.75, 3.05) is 32.8 Å². The molecule has 0 aliphatic carbocycles. The van der Waals surface area contributed by atoms with Crippen LogP contribution in [0.5, 0.6) is 5.75 Å². The number of halogens is 1. The number of hydrogen-bond donors (Lipinski definition) is 1. The molecule has 3 aliphatic rings. The summed E-state index contributed by atoms with van der Waals surface area (Å²) in [6.45, 7) is 5.42. The van der Waals surface area contributed by atoms with Crippen LogP contribution in [0.1, 0.15) is 34.9 Å². The summed E-state index contributed by atoms with van der Waals surface area (Å²) in [5.41, 5.74) is 0.